The summed E-state index contributed by atoms with van der Waals surface area (Å²) >= 11 is 0. The molecule has 1 aromatic carbocycles. The second kappa shape index (κ2) is 6.12. The number of rotatable bonds is 5. The Morgan fingerprint density at radius 1 is 1.50 bits per heavy atom. The topological polar surface area (TPSA) is 55.6 Å². The van der Waals surface area contributed by atoms with Crippen LogP contribution in [0.2, 0.25) is 0 Å². The van der Waals surface area contributed by atoms with E-state index in [0.29, 0.717) is 19.5 Å². The van der Waals surface area contributed by atoms with Crippen LogP contribution in [-0.2, 0) is 11.3 Å². The maximum absolute atomic E-state index is 11.5. The van der Waals surface area contributed by atoms with Crippen molar-refractivity contribution in [2.45, 2.75) is 13.0 Å². The van der Waals surface area contributed by atoms with Crippen molar-refractivity contribution >= 4 is 5.91 Å². The molecule has 4 heteroatoms. The zero-order valence-corrected chi connectivity index (χ0v) is 9.77. The lowest BCUT2D eigenvalue weighted by Gasteiger charge is -2.17. The highest BCUT2D eigenvalue weighted by molar-refractivity contribution is 5.76. The van der Waals surface area contributed by atoms with Gasteiger partial charge in [-0.1, -0.05) is 12.1 Å². The lowest BCUT2D eigenvalue weighted by Crippen LogP contribution is -2.27. The molecule has 0 fully saturated rings. The summed E-state index contributed by atoms with van der Waals surface area (Å²) in [6.45, 7) is 0.970. The summed E-state index contributed by atoms with van der Waals surface area (Å²) in [7, 11) is 3.40. The average molecular weight is 222 g/mol. The Balaban J connectivity index is 2.61. The fourth-order valence-corrected chi connectivity index (χ4v) is 1.45. The highest BCUT2D eigenvalue weighted by Crippen LogP contribution is 2.13. The van der Waals surface area contributed by atoms with Gasteiger partial charge < -0.3 is 15.4 Å². The molecule has 4 nitrogen and oxygen atoms in total. The first-order valence-corrected chi connectivity index (χ1v) is 5.24. The number of carbonyl (C=O) groups is 1. The van der Waals surface area contributed by atoms with Crippen LogP contribution in [0.25, 0.3) is 0 Å². The summed E-state index contributed by atoms with van der Waals surface area (Å²) in [4.78, 5) is 13.2. The van der Waals surface area contributed by atoms with E-state index in [9.17, 15) is 4.79 Å². The quantitative estimate of drug-likeness (QED) is 0.808. The van der Waals surface area contributed by atoms with E-state index in [1.807, 2.05) is 24.3 Å². The standard InChI is InChI=1S/C12H18N2O2/c1-14(12(15)6-7-13)9-10-4-3-5-11(8-10)16-2/h3-5,8H,6-7,9,13H2,1-2H3. The second-order valence-corrected chi connectivity index (χ2v) is 3.64. The van der Waals surface area contributed by atoms with Gasteiger partial charge in [0.2, 0.25) is 5.91 Å². The third-order valence-corrected chi connectivity index (χ3v) is 2.34. The van der Waals surface area contributed by atoms with Crippen molar-refractivity contribution in [1.82, 2.24) is 4.90 Å². The van der Waals surface area contributed by atoms with E-state index in [2.05, 4.69) is 0 Å². The molecule has 0 aliphatic carbocycles. The van der Waals surface area contributed by atoms with Crippen molar-refractivity contribution in [3.8, 4) is 5.75 Å². The summed E-state index contributed by atoms with van der Waals surface area (Å²) in [6, 6.07) is 7.68. The Morgan fingerprint density at radius 2 is 2.25 bits per heavy atom. The summed E-state index contributed by atoms with van der Waals surface area (Å²) in [6.07, 6.45) is 0.389. The van der Waals surface area contributed by atoms with Gasteiger partial charge in [-0.15, -0.1) is 0 Å². The predicted octanol–water partition coefficient (Wildman–Crippen LogP) is 1.00. The fourth-order valence-electron chi connectivity index (χ4n) is 1.45. The molecule has 0 bridgehead atoms. The summed E-state index contributed by atoms with van der Waals surface area (Å²) < 4.78 is 5.12. The van der Waals surface area contributed by atoms with Crippen molar-refractivity contribution in [2.24, 2.45) is 5.73 Å². The van der Waals surface area contributed by atoms with Crippen molar-refractivity contribution in [1.29, 1.82) is 0 Å². The molecule has 0 heterocycles. The first-order chi connectivity index (χ1) is 7.67. The largest absolute Gasteiger partial charge is 0.497 e. The zero-order chi connectivity index (χ0) is 12.0. The summed E-state index contributed by atoms with van der Waals surface area (Å²) in [5.41, 5.74) is 6.39. The van der Waals surface area contributed by atoms with Crippen LogP contribution < -0.4 is 10.5 Å². The molecule has 16 heavy (non-hydrogen) atoms. The van der Waals surface area contributed by atoms with Gasteiger partial charge in [0.1, 0.15) is 5.75 Å². The van der Waals surface area contributed by atoms with Gasteiger partial charge in [0.25, 0.3) is 0 Å². The van der Waals surface area contributed by atoms with Gasteiger partial charge in [-0.05, 0) is 17.7 Å². The van der Waals surface area contributed by atoms with Crippen LogP contribution in [0.15, 0.2) is 24.3 Å². The van der Waals surface area contributed by atoms with Gasteiger partial charge in [-0.25, -0.2) is 0 Å². The number of methoxy groups -OCH3 is 1. The first kappa shape index (κ1) is 12.5. The Bertz CT molecular complexity index is 353. The van der Waals surface area contributed by atoms with Crippen molar-refractivity contribution in [3.63, 3.8) is 0 Å². The van der Waals surface area contributed by atoms with Crippen LogP contribution in [0.1, 0.15) is 12.0 Å². The Labute approximate surface area is 96.0 Å². The van der Waals surface area contributed by atoms with Crippen LogP contribution in [0, 0.1) is 0 Å². The highest BCUT2D eigenvalue weighted by Gasteiger charge is 2.08. The van der Waals surface area contributed by atoms with Crippen LogP contribution >= 0.6 is 0 Å². The van der Waals surface area contributed by atoms with Gasteiger partial charge in [0, 0.05) is 26.6 Å². The Hall–Kier alpha value is -1.55. The van der Waals surface area contributed by atoms with Crippen LogP contribution in [0.3, 0.4) is 0 Å². The molecule has 0 unspecified atom stereocenters. The molecular formula is C12H18N2O2. The van der Waals surface area contributed by atoms with Crippen LogP contribution in [0.4, 0.5) is 0 Å². The number of hydrogen-bond donors (Lipinski definition) is 1. The minimum absolute atomic E-state index is 0.0605. The lowest BCUT2D eigenvalue weighted by molar-refractivity contribution is -0.130. The van der Waals surface area contributed by atoms with E-state index in [-0.39, 0.29) is 5.91 Å². The van der Waals surface area contributed by atoms with Crippen molar-refractivity contribution in [3.05, 3.63) is 29.8 Å². The average Bonchev–Trinajstić information content (AvgIpc) is 2.29. The molecule has 1 amide bonds. The molecule has 2 N–H and O–H groups in total. The molecule has 0 aliphatic heterocycles. The van der Waals surface area contributed by atoms with Gasteiger partial charge >= 0.3 is 0 Å². The minimum Gasteiger partial charge on any atom is -0.497 e. The molecule has 0 saturated carbocycles. The summed E-state index contributed by atoms with van der Waals surface area (Å²) in [5, 5.41) is 0. The molecule has 0 saturated heterocycles. The smallest absolute Gasteiger partial charge is 0.223 e. The minimum atomic E-state index is 0.0605. The van der Waals surface area contributed by atoms with E-state index in [4.69, 9.17) is 10.5 Å². The monoisotopic (exact) mass is 222 g/mol. The van der Waals surface area contributed by atoms with E-state index >= 15 is 0 Å². The van der Waals surface area contributed by atoms with E-state index in [0.717, 1.165) is 11.3 Å². The summed E-state index contributed by atoms with van der Waals surface area (Å²) in [5.74, 6) is 0.863. The molecule has 88 valence electrons. The maximum atomic E-state index is 11.5. The highest BCUT2D eigenvalue weighted by atomic mass is 16.5. The number of carbonyl (C=O) groups excluding carboxylic acids is 1. The van der Waals surface area contributed by atoms with E-state index in [1.54, 1.807) is 19.1 Å². The molecule has 1 aromatic rings. The van der Waals surface area contributed by atoms with E-state index < -0.39 is 0 Å². The molecule has 0 aromatic heterocycles. The number of amides is 1. The predicted molar refractivity (Wildman–Crippen MR) is 63.1 cm³/mol. The third-order valence-electron chi connectivity index (χ3n) is 2.34. The number of ether oxygens (including phenoxy) is 1. The molecule has 0 aliphatic rings. The van der Waals surface area contributed by atoms with Gasteiger partial charge in [-0.3, -0.25) is 4.79 Å². The SMILES string of the molecule is COc1cccc(CN(C)C(=O)CCN)c1. The molecule has 0 atom stereocenters. The zero-order valence-electron chi connectivity index (χ0n) is 9.77. The van der Waals surface area contributed by atoms with Crippen molar-refractivity contribution < 1.29 is 9.53 Å². The molecule has 0 spiro atoms. The first-order valence-electron chi connectivity index (χ1n) is 5.24. The molecule has 1 rings (SSSR count). The van der Waals surface area contributed by atoms with Gasteiger partial charge in [0.05, 0.1) is 7.11 Å². The van der Waals surface area contributed by atoms with Gasteiger partial charge in [0.15, 0.2) is 0 Å². The molecule has 0 radical (unpaired) electrons. The lowest BCUT2D eigenvalue weighted by atomic mass is 10.2. The fraction of sp³-hybridized carbons (Fsp3) is 0.417. The number of nitrogens with zero attached hydrogens (tertiary/aromatic N) is 1. The number of nitrogens with two attached hydrogens (primary N) is 1. The second-order valence-electron chi connectivity index (χ2n) is 3.64. The van der Waals surface area contributed by atoms with Crippen LogP contribution in [-0.4, -0.2) is 31.5 Å². The third kappa shape index (κ3) is 3.55. The van der Waals surface area contributed by atoms with Crippen molar-refractivity contribution in [2.75, 3.05) is 20.7 Å². The number of hydrogen-bond acceptors (Lipinski definition) is 3. The van der Waals surface area contributed by atoms with Gasteiger partial charge in [-0.2, -0.15) is 0 Å². The normalized spacial score (nSPS) is 9.94. The van der Waals surface area contributed by atoms with Crippen LogP contribution in [0.5, 0.6) is 5.75 Å². The maximum Gasteiger partial charge on any atom is 0.223 e. The Kier molecular flexibility index (Phi) is 4.79. The Morgan fingerprint density at radius 3 is 2.88 bits per heavy atom. The van der Waals surface area contributed by atoms with E-state index in [1.165, 1.54) is 0 Å². The molecular weight excluding hydrogens is 204 g/mol. The number of benzene rings is 1.